The monoisotopic (exact) mass is 405 g/mol. The lowest BCUT2D eigenvalue weighted by Gasteiger charge is -2.16. The molecule has 0 aliphatic rings. The number of benzene rings is 3. The molecule has 7 heteroatoms. The quantitative estimate of drug-likeness (QED) is 0.602. The lowest BCUT2D eigenvalue weighted by atomic mass is 10.0. The number of hydrogen-bond donors (Lipinski definition) is 2. The lowest BCUT2D eigenvalue weighted by molar-refractivity contribution is -0.192. The molecule has 0 spiro atoms. The molecule has 0 heterocycles. The molecule has 0 aliphatic carbocycles. The van der Waals surface area contributed by atoms with Gasteiger partial charge in [0.05, 0.1) is 7.11 Å². The average Bonchev–Trinajstić information content (AvgIpc) is 2.71. The second kappa shape index (κ2) is 9.93. The Morgan fingerprint density at radius 2 is 1.62 bits per heavy atom. The summed E-state index contributed by atoms with van der Waals surface area (Å²) in [6.07, 6.45) is -5.08. The number of ether oxygens (including phenoxy) is 1. The van der Waals surface area contributed by atoms with Gasteiger partial charge in [-0.15, -0.1) is 0 Å². The molecule has 154 valence electrons. The van der Waals surface area contributed by atoms with E-state index in [2.05, 4.69) is 66.8 Å². The van der Waals surface area contributed by atoms with Crippen molar-refractivity contribution >= 4 is 16.7 Å². The van der Waals surface area contributed by atoms with Crippen LogP contribution in [0.1, 0.15) is 24.1 Å². The highest BCUT2D eigenvalue weighted by molar-refractivity contribution is 5.85. The van der Waals surface area contributed by atoms with Gasteiger partial charge in [-0.3, -0.25) is 0 Å². The van der Waals surface area contributed by atoms with Crippen molar-refractivity contribution in [2.24, 2.45) is 0 Å². The van der Waals surface area contributed by atoms with Crippen molar-refractivity contribution in [1.29, 1.82) is 0 Å². The Hall–Kier alpha value is -3.06. The number of aliphatic carboxylic acids is 1. The Labute approximate surface area is 166 Å². The van der Waals surface area contributed by atoms with Gasteiger partial charge in [0, 0.05) is 12.6 Å². The summed E-state index contributed by atoms with van der Waals surface area (Å²) in [4.78, 5) is 8.90. The zero-order chi connectivity index (χ0) is 21.4. The van der Waals surface area contributed by atoms with Gasteiger partial charge in [-0.05, 0) is 41.0 Å². The van der Waals surface area contributed by atoms with Gasteiger partial charge >= 0.3 is 12.1 Å². The van der Waals surface area contributed by atoms with Crippen LogP contribution >= 0.6 is 0 Å². The Kier molecular flexibility index (Phi) is 7.61. The predicted octanol–water partition coefficient (Wildman–Crippen LogP) is 5.33. The number of alkyl halides is 3. The van der Waals surface area contributed by atoms with E-state index in [0.717, 1.165) is 12.3 Å². The van der Waals surface area contributed by atoms with Crippen LogP contribution in [-0.4, -0.2) is 24.4 Å². The molecule has 3 aromatic carbocycles. The summed E-state index contributed by atoms with van der Waals surface area (Å²) in [5.41, 5.74) is 2.60. The molecule has 0 fully saturated rings. The van der Waals surface area contributed by atoms with E-state index in [0.29, 0.717) is 6.04 Å². The molecule has 0 radical (unpaired) electrons. The first-order chi connectivity index (χ1) is 13.7. The van der Waals surface area contributed by atoms with Gasteiger partial charge in [0.25, 0.3) is 0 Å². The maximum absolute atomic E-state index is 10.6. The van der Waals surface area contributed by atoms with Crippen LogP contribution < -0.4 is 10.1 Å². The summed E-state index contributed by atoms with van der Waals surface area (Å²) in [6, 6.07) is 23.5. The van der Waals surface area contributed by atoms with Crippen molar-refractivity contribution < 1.29 is 27.8 Å². The maximum atomic E-state index is 10.6. The van der Waals surface area contributed by atoms with E-state index in [1.54, 1.807) is 7.11 Å². The Morgan fingerprint density at radius 1 is 1.03 bits per heavy atom. The summed E-state index contributed by atoms with van der Waals surface area (Å²) in [5, 5.41) is 13.3. The van der Waals surface area contributed by atoms with Gasteiger partial charge in [0.1, 0.15) is 5.75 Å². The second-order valence-electron chi connectivity index (χ2n) is 6.32. The number of fused-ring (bicyclic) bond motifs is 1. The van der Waals surface area contributed by atoms with Crippen LogP contribution in [0.2, 0.25) is 0 Å². The minimum absolute atomic E-state index is 0.296. The largest absolute Gasteiger partial charge is 0.497 e. The molecule has 0 bridgehead atoms. The minimum atomic E-state index is -5.08. The number of hydrogen-bond acceptors (Lipinski definition) is 3. The smallest absolute Gasteiger partial charge is 0.490 e. The van der Waals surface area contributed by atoms with Gasteiger partial charge < -0.3 is 15.2 Å². The molecule has 0 amide bonds. The van der Waals surface area contributed by atoms with E-state index in [1.807, 2.05) is 12.1 Å². The zero-order valence-electron chi connectivity index (χ0n) is 16.0. The number of carboxylic acids is 1. The predicted molar refractivity (Wildman–Crippen MR) is 106 cm³/mol. The Bertz CT molecular complexity index is 935. The third-order valence-electron chi connectivity index (χ3n) is 4.34. The average molecular weight is 405 g/mol. The van der Waals surface area contributed by atoms with E-state index in [4.69, 9.17) is 14.6 Å². The Balaban J connectivity index is 0.000000370. The van der Waals surface area contributed by atoms with Crippen LogP contribution in [0.5, 0.6) is 5.75 Å². The summed E-state index contributed by atoms with van der Waals surface area (Å²) in [5.74, 6) is -1.86. The SMILES string of the molecule is COc1ccc(C(C)NCc2cccc3ccccc23)cc1.O=C(O)C(F)(F)F. The number of carboxylic acid groups (broad SMARTS) is 1. The topological polar surface area (TPSA) is 58.6 Å². The third kappa shape index (κ3) is 6.50. The van der Waals surface area contributed by atoms with E-state index in [-0.39, 0.29) is 0 Å². The summed E-state index contributed by atoms with van der Waals surface area (Å²) in [6.45, 7) is 3.04. The fourth-order valence-corrected chi connectivity index (χ4v) is 2.72. The summed E-state index contributed by atoms with van der Waals surface area (Å²) >= 11 is 0. The molecule has 1 atom stereocenters. The molecule has 1 unspecified atom stereocenters. The molecule has 2 N–H and O–H groups in total. The molecular weight excluding hydrogens is 383 g/mol. The van der Waals surface area contributed by atoms with E-state index in [1.165, 1.54) is 21.9 Å². The molecule has 29 heavy (non-hydrogen) atoms. The third-order valence-corrected chi connectivity index (χ3v) is 4.34. The van der Waals surface area contributed by atoms with E-state index in [9.17, 15) is 13.2 Å². The van der Waals surface area contributed by atoms with Crippen LogP contribution in [0.15, 0.2) is 66.7 Å². The highest BCUT2D eigenvalue weighted by atomic mass is 19.4. The van der Waals surface area contributed by atoms with E-state index < -0.39 is 12.1 Å². The minimum Gasteiger partial charge on any atom is -0.497 e. The Morgan fingerprint density at radius 3 is 2.21 bits per heavy atom. The van der Waals surface area contributed by atoms with Crippen LogP contribution in [-0.2, 0) is 11.3 Å². The van der Waals surface area contributed by atoms with E-state index >= 15 is 0 Å². The van der Waals surface area contributed by atoms with Crippen molar-refractivity contribution in [3.8, 4) is 5.75 Å². The number of rotatable bonds is 5. The van der Waals surface area contributed by atoms with Crippen LogP contribution in [0.3, 0.4) is 0 Å². The standard InChI is InChI=1S/C20H21NO.C2HF3O2/c1-15(16-10-12-19(22-2)13-11-16)21-14-18-8-5-7-17-6-3-4-9-20(17)18;3-2(4,5)1(6)7/h3-13,15,21H,14H2,1-2H3;(H,6,7). The van der Waals surface area contributed by atoms with Gasteiger partial charge in [-0.25, -0.2) is 4.79 Å². The number of carbonyl (C=O) groups is 1. The van der Waals surface area contributed by atoms with Crippen molar-refractivity contribution in [3.63, 3.8) is 0 Å². The molecule has 0 aromatic heterocycles. The van der Waals surface area contributed by atoms with Crippen molar-refractivity contribution in [2.45, 2.75) is 25.7 Å². The maximum Gasteiger partial charge on any atom is 0.490 e. The molecule has 3 rings (SSSR count). The fourth-order valence-electron chi connectivity index (χ4n) is 2.72. The molecular formula is C22H22F3NO3. The van der Waals surface area contributed by atoms with Gasteiger partial charge in [0.2, 0.25) is 0 Å². The van der Waals surface area contributed by atoms with Crippen molar-refractivity contribution in [1.82, 2.24) is 5.32 Å². The lowest BCUT2D eigenvalue weighted by Crippen LogP contribution is -2.21. The highest BCUT2D eigenvalue weighted by Crippen LogP contribution is 2.21. The first kappa shape index (κ1) is 22.2. The number of nitrogens with one attached hydrogen (secondary N) is 1. The number of halogens is 3. The molecule has 0 aliphatic heterocycles. The van der Waals surface area contributed by atoms with Crippen LogP contribution in [0, 0.1) is 0 Å². The summed E-state index contributed by atoms with van der Waals surface area (Å²) < 4.78 is 36.9. The summed E-state index contributed by atoms with van der Waals surface area (Å²) in [7, 11) is 1.69. The second-order valence-corrected chi connectivity index (χ2v) is 6.32. The highest BCUT2D eigenvalue weighted by Gasteiger charge is 2.38. The fraction of sp³-hybridized carbons (Fsp3) is 0.227. The van der Waals surface area contributed by atoms with Gasteiger partial charge in [-0.1, -0.05) is 54.6 Å². The first-order valence-corrected chi connectivity index (χ1v) is 8.86. The molecule has 0 saturated heterocycles. The van der Waals surface area contributed by atoms with Crippen molar-refractivity contribution in [2.75, 3.05) is 7.11 Å². The van der Waals surface area contributed by atoms with Crippen molar-refractivity contribution in [3.05, 3.63) is 77.9 Å². The molecule has 4 nitrogen and oxygen atoms in total. The van der Waals surface area contributed by atoms with Gasteiger partial charge in [0.15, 0.2) is 0 Å². The zero-order valence-corrected chi connectivity index (χ0v) is 16.0. The first-order valence-electron chi connectivity index (χ1n) is 8.86. The van der Waals surface area contributed by atoms with Crippen LogP contribution in [0.4, 0.5) is 13.2 Å². The van der Waals surface area contributed by atoms with Crippen LogP contribution in [0.25, 0.3) is 10.8 Å². The molecule has 0 saturated carbocycles. The number of methoxy groups -OCH3 is 1. The normalized spacial score (nSPS) is 12.0. The molecule has 3 aromatic rings. The van der Waals surface area contributed by atoms with Gasteiger partial charge in [-0.2, -0.15) is 13.2 Å².